The third-order valence-corrected chi connectivity index (χ3v) is 4.70. The maximum absolute atomic E-state index is 5.59. The molecule has 1 aromatic rings. The van der Waals surface area contributed by atoms with Crippen LogP contribution >= 0.6 is 23.1 Å². The van der Waals surface area contributed by atoms with Gasteiger partial charge >= 0.3 is 0 Å². The van der Waals surface area contributed by atoms with Crippen LogP contribution in [0.5, 0.6) is 0 Å². The number of thioether (sulfide) groups is 1. The lowest BCUT2D eigenvalue weighted by molar-refractivity contribution is 0.831. The first-order valence-corrected chi connectivity index (χ1v) is 6.02. The van der Waals surface area contributed by atoms with E-state index in [1.54, 1.807) is 11.3 Å². The number of hydrogen-bond acceptors (Lipinski definition) is 4. The van der Waals surface area contributed by atoms with Gasteiger partial charge in [-0.1, -0.05) is 0 Å². The van der Waals surface area contributed by atoms with Crippen LogP contribution in [0.1, 0.15) is 21.5 Å². The third-order valence-electron chi connectivity index (χ3n) is 2.08. The van der Waals surface area contributed by atoms with Crippen molar-refractivity contribution in [3.63, 3.8) is 0 Å². The monoisotopic (exact) mass is 200 g/mol. The van der Waals surface area contributed by atoms with Crippen LogP contribution in [0.4, 0.5) is 0 Å². The molecule has 1 saturated heterocycles. The second-order valence-electron chi connectivity index (χ2n) is 3.00. The highest BCUT2D eigenvalue weighted by atomic mass is 32.2. The van der Waals surface area contributed by atoms with Gasteiger partial charge in [-0.15, -0.1) is 11.3 Å². The molecule has 0 spiro atoms. The van der Waals surface area contributed by atoms with E-state index in [2.05, 4.69) is 4.98 Å². The molecular weight excluding hydrogens is 188 g/mol. The third kappa shape index (κ3) is 1.39. The zero-order valence-electron chi connectivity index (χ0n) is 7.04. The van der Waals surface area contributed by atoms with Gasteiger partial charge < -0.3 is 5.73 Å². The summed E-state index contributed by atoms with van der Waals surface area (Å²) < 4.78 is 0. The Labute approximate surface area is 80.6 Å². The van der Waals surface area contributed by atoms with Crippen molar-refractivity contribution in [2.24, 2.45) is 5.73 Å². The summed E-state index contributed by atoms with van der Waals surface area (Å²) >= 11 is 3.79. The minimum Gasteiger partial charge on any atom is -0.326 e. The van der Waals surface area contributed by atoms with Crippen LogP contribution in [0.3, 0.4) is 0 Å². The molecule has 12 heavy (non-hydrogen) atoms. The predicted octanol–water partition coefficient (Wildman–Crippen LogP) is 1.74. The van der Waals surface area contributed by atoms with Crippen molar-refractivity contribution < 1.29 is 0 Å². The largest absolute Gasteiger partial charge is 0.326 e. The molecule has 0 atom stereocenters. The Balaban J connectivity index is 2.21. The second kappa shape index (κ2) is 3.36. The summed E-state index contributed by atoms with van der Waals surface area (Å²) in [4.78, 5) is 5.78. The Bertz CT molecular complexity index is 279. The fraction of sp³-hybridized carbons (Fsp3) is 0.625. The molecule has 0 bridgehead atoms. The summed E-state index contributed by atoms with van der Waals surface area (Å²) in [6.45, 7) is 2.69. The molecular formula is C8H12N2S2. The average molecular weight is 200 g/mol. The first-order chi connectivity index (χ1) is 5.81. The molecule has 2 N–H and O–H groups in total. The van der Waals surface area contributed by atoms with Gasteiger partial charge in [-0.3, -0.25) is 0 Å². The highest BCUT2D eigenvalue weighted by Gasteiger charge is 2.23. The zero-order valence-corrected chi connectivity index (χ0v) is 8.67. The smallest absolute Gasteiger partial charge is 0.0978 e. The van der Waals surface area contributed by atoms with Crippen molar-refractivity contribution in [1.29, 1.82) is 0 Å². The highest BCUT2D eigenvalue weighted by molar-refractivity contribution is 8.00. The minimum absolute atomic E-state index is 0.642. The molecule has 0 saturated carbocycles. The van der Waals surface area contributed by atoms with Crippen molar-refractivity contribution in [3.05, 3.63) is 15.6 Å². The zero-order chi connectivity index (χ0) is 8.55. The molecule has 2 heterocycles. The van der Waals surface area contributed by atoms with E-state index in [4.69, 9.17) is 5.73 Å². The number of nitrogens with two attached hydrogens (primary N) is 1. The van der Waals surface area contributed by atoms with Crippen molar-refractivity contribution in [1.82, 2.24) is 4.98 Å². The van der Waals surface area contributed by atoms with Crippen LogP contribution < -0.4 is 5.73 Å². The number of hydrogen-bond donors (Lipinski definition) is 1. The van der Waals surface area contributed by atoms with E-state index in [-0.39, 0.29) is 0 Å². The second-order valence-corrected chi connectivity index (χ2v) is 5.19. The van der Waals surface area contributed by atoms with Gasteiger partial charge in [0.15, 0.2) is 0 Å². The minimum atomic E-state index is 0.642. The molecule has 1 fully saturated rings. The molecule has 2 nitrogen and oxygen atoms in total. The van der Waals surface area contributed by atoms with Gasteiger partial charge in [0.05, 0.1) is 10.7 Å². The summed E-state index contributed by atoms with van der Waals surface area (Å²) in [6, 6.07) is 0. The average Bonchev–Trinajstić information content (AvgIpc) is 2.27. The Morgan fingerprint density at radius 1 is 1.58 bits per heavy atom. The van der Waals surface area contributed by atoms with E-state index in [0.29, 0.717) is 6.54 Å². The van der Waals surface area contributed by atoms with Gasteiger partial charge in [0.1, 0.15) is 0 Å². The lowest BCUT2D eigenvalue weighted by Gasteiger charge is -2.21. The summed E-state index contributed by atoms with van der Waals surface area (Å²) in [7, 11) is 0. The maximum Gasteiger partial charge on any atom is 0.0978 e. The highest BCUT2D eigenvalue weighted by Crippen LogP contribution is 2.36. The topological polar surface area (TPSA) is 38.9 Å². The Kier molecular flexibility index (Phi) is 2.39. The molecule has 1 aromatic heterocycles. The van der Waals surface area contributed by atoms with E-state index >= 15 is 0 Å². The molecule has 0 unspecified atom stereocenters. The van der Waals surface area contributed by atoms with Gasteiger partial charge in [0, 0.05) is 28.8 Å². The standard InChI is InChI=1S/C8H12N2S2/c1-5-7(2-9)12-8(10-5)6-3-11-4-6/h6H,2-4,9H2,1H3. The van der Waals surface area contributed by atoms with Gasteiger partial charge in [-0.25, -0.2) is 4.98 Å². The van der Waals surface area contributed by atoms with Gasteiger partial charge in [-0.05, 0) is 6.92 Å². The van der Waals surface area contributed by atoms with Crippen molar-refractivity contribution in [2.45, 2.75) is 19.4 Å². The summed E-state index contributed by atoms with van der Waals surface area (Å²) in [6.07, 6.45) is 0. The number of aromatic nitrogens is 1. The van der Waals surface area contributed by atoms with E-state index < -0.39 is 0 Å². The van der Waals surface area contributed by atoms with Crippen LogP contribution in [-0.4, -0.2) is 16.5 Å². The molecule has 0 aliphatic carbocycles. The fourth-order valence-electron chi connectivity index (χ4n) is 1.19. The van der Waals surface area contributed by atoms with Crippen LogP contribution in [0.25, 0.3) is 0 Å². The first kappa shape index (κ1) is 8.53. The normalized spacial score (nSPS) is 17.8. The molecule has 66 valence electrons. The van der Waals surface area contributed by atoms with Crippen LogP contribution in [0.15, 0.2) is 0 Å². The summed E-state index contributed by atoms with van der Waals surface area (Å²) in [5.41, 5.74) is 6.72. The van der Waals surface area contributed by atoms with Gasteiger partial charge in [0.25, 0.3) is 0 Å². The van der Waals surface area contributed by atoms with Crippen LogP contribution in [0, 0.1) is 6.92 Å². The van der Waals surface area contributed by atoms with Crippen molar-refractivity contribution in [2.75, 3.05) is 11.5 Å². The molecule has 1 aliphatic rings. The molecule has 0 aromatic carbocycles. The van der Waals surface area contributed by atoms with Crippen molar-refractivity contribution in [3.8, 4) is 0 Å². The van der Waals surface area contributed by atoms with E-state index in [0.717, 1.165) is 11.6 Å². The molecule has 4 heteroatoms. The molecule has 1 aliphatic heterocycles. The van der Waals surface area contributed by atoms with Crippen LogP contribution in [0.2, 0.25) is 0 Å². The van der Waals surface area contributed by atoms with Gasteiger partial charge in [-0.2, -0.15) is 11.8 Å². The molecule has 0 amide bonds. The van der Waals surface area contributed by atoms with E-state index in [9.17, 15) is 0 Å². The first-order valence-electron chi connectivity index (χ1n) is 4.05. The lowest BCUT2D eigenvalue weighted by Crippen LogP contribution is -2.14. The van der Waals surface area contributed by atoms with Crippen molar-refractivity contribution >= 4 is 23.1 Å². The summed E-state index contributed by atoms with van der Waals surface area (Å²) in [5.74, 6) is 3.22. The number of thiazole rings is 1. The molecule has 2 rings (SSSR count). The maximum atomic E-state index is 5.59. The number of nitrogens with zero attached hydrogens (tertiary/aromatic N) is 1. The lowest BCUT2D eigenvalue weighted by atomic mass is 10.2. The fourth-order valence-corrected chi connectivity index (χ4v) is 3.24. The Morgan fingerprint density at radius 2 is 2.33 bits per heavy atom. The quantitative estimate of drug-likeness (QED) is 0.790. The Hall–Kier alpha value is -0.0600. The predicted molar refractivity (Wildman–Crippen MR) is 54.8 cm³/mol. The van der Waals surface area contributed by atoms with Crippen LogP contribution in [-0.2, 0) is 6.54 Å². The number of rotatable bonds is 2. The summed E-state index contributed by atoms with van der Waals surface area (Å²) in [5, 5.41) is 1.30. The van der Waals surface area contributed by atoms with E-state index in [1.165, 1.54) is 21.4 Å². The Morgan fingerprint density at radius 3 is 2.75 bits per heavy atom. The van der Waals surface area contributed by atoms with Gasteiger partial charge in [0.2, 0.25) is 0 Å². The number of aryl methyl sites for hydroxylation is 1. The SMILES string of the molecule is Cc1nc(C2CSC2)sc1CN. The van der Waals surface area contributed by atoms with E-state index in [1.807, 2.05) is 18.7 Å². The molecule has 0 radical (unpaired) electrons.